The molecule has 0 bridgehead atoms. The van der Waals surface area contributed by atoms with Gasteiger partial charge in [-0.05, 0) is 71.4 Å². The van der Waals surface area contributed by atoms with Gasteiger partial charge in [-0.2, -0.15) is 0 Å². The lowest BCUT2D eigenvalue weighted by Gasteiger charge is -2.34. The van der Waals surface area contributed by atoms with Gasteiger partial charge < -0.3 is 9.47 Å². The third-order valence-electron chi connectivity index (χ3n) is 7.06. The number of aliphatic imine (C=N–C) groups is 1. The lowest BCUT2D eigenvalue weighted by Crippen LogP contribution is -2.39. The van der Waals surface area contributed by atoms with Crippen molar-refractivity contribution < 1.29 is 19.1 Å². The van der Waals surface area contributed by atoms with Crippen molar-refractivity contribution in [2.45, 2.75) is 53.1 Å². The number of benzene rings is 2. The highest BCUT2D eigenvalue weighted by Gasteiger charge is 2.45. The molecule has 0 saturated carbocycles. The summed E-state index contributed by atoms with van der Waals surface area (Å²) >= 11 is 6.71. The number of fused-ring (bicyclic) bond motifs is 1. The number of ether oxygens (including phenoxy) is 2. The second kappa shape index (κ2) is 11.5. The highest BCUT2D eigenvalue weighted by molar-refractivity contribution is 6.31. The van der Waals surface area contributed by atoms with Crippen molar-refractivity contribution >= 4 is 46.0 Å². The Morgan fingerprint density at radius 3 is 2.40 bits per heavy atom. The molecule has 5 rings (SSSR count). The highest BCUT2D eigenvalue weighted by atomic mass is 35.5. The molecule has 0 radical (unpaired) electrons. The average Bonchev–Trinajstić information content (AvgIpc) is 3.27. The van der Waals surface area contributed by atoms with E-state index < -0.39 is 29.4 Å². The van der Waals surface area contributed by atoms with Crippen LogP contribution in [0.2, 0.25) is 5.02 Å². The number of aryl methyl sites for hydroxylation is 1. The van der Waals surface area contributed by atoms with Crippen LogP contribution in [0.5, 0.6) is 0 Å². The van der Waals surface area contributed by atoms with Crippen LogP contribution in [-0.4, -0.2) is 44.4 Å². The van der Waals surface area contributed by atoms with Crippen LogP contribution >= 0.6 is 11.6 Å². The number of imidazole rings is 1. The van der Waals surface area contributed by atoms with Gasteiger partial charge in [0, 0.05) is 34.1 Å². The van der Waals surface area contributed by atoms with Crippen LogP contribution in [0.1, 0.15) is 57.5 Å². The SMILES string of the molecule is CCOC(=O)C1=C(c2ccc(-n3c(C)nc4cnccc43)cc2)N=C(C)C(C(=O)OC(C)(C)C)C1c1ccccc1Cl. The number of carbonyl (C=O) groups is 2. The quantitative estimate of drug-likeness (QED) is 0.229. The zero-order valence-electron chi connectivity index (χ0n) is 24.5. The van der Waals surface area contributed by atoms with E-state index in [0.29, 0.717) is 27.6 Å². The second-order valence-electron chi connectivity index (χ2n) is 11.2. The van der Waals surface area contributed by atoms with Crippen molar-refractivity contribution in [1.29, 1.82) is 0 Å². The van der Waals surface area contributed by atoms with Gasteiger partial charge in [0.15, 0.2) is 0 Å². The first-order chi connectivity index (χ1) is 20.0. The largest absolute Gasteiger partial charge is 0.463 e. The lowest BCUT2D eigenvalue weighted by molar-refractivity contribution is -0.158. The number of carbonyl (C=O) groups excluding carboxylic acids is 2. The highest BCUT2D eigenvalue weighted by Crippen LogP contribution is 2.45. The predicted molar refractivity (Wildman–Crippen MR) is 164 cm³/mol. The van der Waals surface area contributed by atoms with Gasteiger partial charge in [-0.25, -0.2) is 9.78 Å². The maximum absolute atomic E-state index is 13.7. The molecule has 4 aromatic rings. The summed E-state index contributed by atoms with van der Waals surface area (Å²) in [6, 6.07) is 16.9. The fourth-order valence-electron chi connectivity index (χ4n) is 5.40. The molecule has 3 heterocycles. The molecule has 9 heteroatoms. The van der Waals surface area contributed by atoms with E-state index in [1.54, 1.807) is 32.3 Å². The van der Waals surface area contributed by atoms with Gasteiger partial charge in [-0.15, -0.1) is 0 Å². The number of esters is 2. The van der Waals surface area contributed by atoms with Gasteiger partial charge in [-0.3, -0.25) is 19.3 Å². The Morgan fingerprint density at radius 1 is 1.02 bits per heavy atom. The molecule has 0 fully saturated rings. The maximum Gasteiger partial charge on any atom is 0.336 e. The molecular formula is C33H33ClN4O4. The number of hydrogen-bond donors (Lipinski definition) is 0. The Hall–Kier alpha value is -4.30. The molecule has 2 aromatic heterocycles. The molecular weight excluding hydrogens is 552 g/mol. The first-order valence-corrected chi connectivity index (χ1v) is 14.2. The minimum absolute atomic E-state index is 0.158. The molecule has 0 aliphatic carbocycles. The Labute approximate surface area is 250 Å². The van der Waals surface area contributed by atoms with Gasteiger partial charge in [-0.1, -0.05) is 41.9 Å². The Kier molecular flexibility index (Phi) is 8.01. The van der Waals surface area contributed by atoms with Gasteiger partial charge in [0.2, 0.25) is 0 Å². The zero-order valence-corrected chi connectivity index (χ0v) is 25.3. The summed E-state index contributed by atoms with van der Waals surface area (Å²) in [5.41, 5.74) is 4.42. The molecule has 2 atom stereocenters. The summed E-state index contributed by atoms with van der Waals surface area (Å²) in [4.78, 5) is 41.0. The molecule has 0 saturated heterocycles. The summed E-state index contributed by atoms with van der Waals surface area (Å²) in [7, 11) is 0. The summed E-state index contributed by atoms with van der Waals surface area (Å²) in [5, 5.41) is 0.430. The summed E-state index contributed by atoms with van der Waals surface area (Å²) in [6.07, 6.45) is 3.47. The van der Waals surface area contributed by atoms with Crippen LogP contribution in [0, 0.1) is 12.8 Å². The molecule has 2 aromatic carbocycles. The Morgan fingerprint density at radius 2 is 1.74 bits per heavy atom. The number of aromatic nitrogens is 3. The van der Waals surface area contributed by atoms with Crippen molar-refractivity contribution in [3.8, 4) is 5.69 Å². The standard InChI is InChI=1S/C33H33ClN4O4/c1-7-41-31(39)29-28(23-10-8-9-11-24(23)34)27(32(40)42-33(4,5)6)19(2)36-30(29)21-12-14-22(15-13-21)38-20(3)37-25-18-35-17-16-26(25)38/h8-18,27-28H,7H2,1-6H3. The number of rotatable bonds is 6. The van der Waals surface area contributed by atoms with Crippen molar-refractivity contribution in [2.75, 3.05) is 6.61 Å². The van der Waals surface area contributed by atoms with Crippen LogP contribution in [0.15, 0.2) is 77.6 Å². The van der Waals surface area contributed by atoms with Crippen LogP contribution in [0.4, 0.5) is 0 Å². The molecule has 8 nitrogen and oxygen atoms in total. The van der Waals surface area contributed by atoms with Crippen LogP contribution in [-0.2, 0) is 19.1 Å². The fraction of sp³-hybridized carbons (Fsp3) is 0.303. The van der Waals surface area contributed by atoms with E-state index in [2.05, 4.69) is 9.97 Å². The summed E-state index contributed by atoms with van der Waals surface area (Å²) < 4.78 is 13.4. The molecule has 42 heavy (non-hydrogen) atoms. The molecule has 1 aliphatic rings. The van der Waals surface area contributed by atoms with E-state index in [1.807, 2.05) is 80.8 Å². The van der Waals surface area contributed by atoms with E-state index in [9.17, 15) is 9.59 Å². The Bertz CT molecular complexity index is 1730. The predicted octanol–water partition coefficient (Wildman–Crippen LogP) is 6.87. The summed E-state index contributed by atoms with van der Waals surface area (Å²) in [6.45, 7) is 11.0. The third kappa shape index (κ3) is 5.59. The van der Waals surface area contributed by atoms with Crippen molar-refractivity contribution in [3.05, 3.63) is 94.5 Å². The topological polar surface area (TPSA) is 95.7 Å². The number of nitrogens with zero attached hydrogens (tertiary/aromatic N) is 4. The first kappa shape index (κ1) is 29.2. The first-order valence-electron chi connectivity index (χ1n) is 13.8. The minimum Gasteiger partial charge on any atom is -0.463 e. The molecule has 216 valence electrons. The van der Waals surface area contributed by atoms with Gasteiger partial charge in [0.25, 0.3) is 0 Å². The molecule has 2 unspecified atom stereocenters. The number of pyridine rings is 1. The zero-order chi connectivity index (χ0) is 30.2. The van der Waals surface area contributed by atoms with E-state index in [1.165, 1.54) is 0 Å². The maximum atomic E-state index is 13.7. The molecule has 0 amide bonds. The third-order valence-corrected chi connectivity index (χ3v) is 7.40. The van der Waals surface area contributed by atoms with E-state index in [0.717, 1.165) is 22.5 Å². The molecule has 1 aliphatic heterocycles. The average molecular weight is 585 g/mol. The minimum atomic E-state index is -0.875. The normalized spacial score (nSPS) is 17.3. The van der Waals surface area contributed by atoms with Crippen LogP contribution < -0.4 is 0 Å². The smallest absolute Gasteiger partial charge is 0.336 e. The van der Waals surface area contributed by atoms with Crippen molar-refractivity contribution in [1.82, 2.24) is 14.5 Å². The van der Waals surface area contributed by atoms with Crippen LogP contribution in [0.3, 0.4) is 0 Å². The van der Waals surface area contributed by atoms with Crippen molar-refractivity contribution in [2.24, 2.45) is 10.9 Å². The van der Waals surface area contributed by atoms with E-state index in [4.69, 9.17) is 26.1 Å². The second-order valence-corrected chi connectivity index (χ2v) is 11.6. The number of hydrogen-bond acceptors (Lipinski definition) is 7. The van der Waals surface area contributed by atoms with Crippen molar-refractivity contribution in [3.63, 3.8) is 0 Å². The van der Waals surface area contributed by atoms with Crippen LogP contribution in [0.25, 0.3) is 22.4 Å². The fourth-order valence-corrected chi connectivity index (χ4v) is 5.65. The van der Waals surface area contributed by atoms with E-state index in [-0.39, 0.29) is 12.2 Å². The van der Waals surface area contributed by atoms with Gasteiger partial charge in [0.1, 0.15) is 22.9 Å². The number of halogens is 1. The molecule has 0 N–H and O–H groups in total. The van der Waals surface area contributed by atoms with Gasteiger partial charge in [0.05, 0.1) is 29.6 Å². The monoisotopic (exact) mass is 584 g/mol. The summed E-state index contributed by atoms with van der Waals surface area (Å²) in [5.74, 6) is -1.87. The van der Waals surface area contributed by atoms with E-state index >= 15 is 0 Å². The lowest BCUT2D eigenvalue weighted by atomic mass is 9.74. The molecule has 0 spiro atoms. The van der Waals surface area contributed by atoms with Gasteiger partial charge >= 0.3 is 11.9 Å². The Balaban J connectivity index is 1.69.